The zero-order chi connectivity index (χ0) is 18.8. The number of carboxylic acids is 1. The van der Waals surface area contributed by atoms with Crippen LogP contribution >= 0.6 is 0 Å². The number of amides is 1. The molecule has 1 fully saturated rings. The lowest BCUT2D eigenvalue weighted by Gasteiger charge is -2.32. The fourth-order valence-electron chi connectivity index (χ4n) is 3.04. The van der Waals surface area contributed by atoms with Gasteiger partial charge in [0, 0.05) is 25.2 Å². The van der Waals surface area contributed by atoms with Gasteiger partial charge in [0.1, 0.15) is 6.54 Å². The highest BCUT2D eigenvalue weighted by Gasteiger charge is 2.31. The molecule has 1 saturated heterocycles. The summed E-state index contributed by atoms with van der Waals surface area (Å²) in [6, 6.07) is 4.37. The molecule has 0 radical (unpaired) electrons. The minimum absolute atomic E-state index is 0.0684. The molecule has 7 nitrogen and oxygen atoms in total. The number of likely N-dealkylation sites (N-methyl/N-ethyl adjacent to an activating group) is 1. The molecule has 1 heterocycles. The molecule has 0 aromatic heterocycles. The second kappa shape index (κ2) is 7.53. The molecule has 1 aromatic rings. The Bertz CT molecular complexity index is 775. The Morgan fingerprint density at radius 2 is 2.00 bits per heavy atom. The van der Waals surface area contributed by atoms with Crippen molar-refractivity contribution < 1.29 is 23.1 Å². The highest BCUT2D eigenvalue weighted by Crippen LogP contribution is 2.26. The van der Waals surface area contributed by atoms with E-state index in [1.807, 2.05) is 6.92 Å². The van der Waals surface area contributed by atoms with Gasteiger partial charge < -0.3 is 10.0 Å². The molecular formula is C17H24N2O5S. The number of piperidine rings is 1. The fourth-order valence-corrected chi connectivity index (χ4v) is 4.76. The largest absolute Gasteiger partial charge is 0.480 e. The number of carbonyl (C=O) groups is 2. The predicted octanol–water partition coefficient (Wildman–Crippen LogP) is 1.71. The number of rotatable bonds is 5. The number of hydrogen-bond acceptors (Lipinski definition) is 4. The van der Waals surface area contributed by atoms with E-state index in [1.165, 1.54) is 23.5 Å². The van der Waals surface area contributed by atoms with E-state index in [0.29, 0.717) is 12.1 Å². The monoisotopic (exact) mass is 368 g/mol. The summed E-state index contributed by atoms with van der Waals surface area (Å²) in [4.78, 5) is 24.4. The van der Waals surface area contributed by atoms with Crippen molar-refractivity contribution in [3.63, 3.8) is 0 Å². The van der Waals surface area contributed by atoms with Crippen LogP contribution in [0.1, 0.15) is 42.1 Å². The summed E-state index contributed by atoms with van der Waals surface area (Å²) in [5.41, 5.74) is 0.808. The molecule has 1 amide bonds. The van der Waals surface area contributed by atoms with E-state index in [2.05, 4.69) is 0 Å². The van der Waals surface area contributed by atoms with Crippen LogP contribution in [0.2, 0.25) is 0 Å². The molecule has 25 heavy (non-hydrogen) atoms. The molecule has 1 aliphatic rings. The summed E-state index contributed by atoms with van der Waals surface area (Å²) in [6.07, 6.45) is 2.64. The number of nitrogens with zero attached hydrogens (tertiary/aromatic N) is 2. The number of sulfonamides is 1. The minimum Gasteiger partial charge on any atom is -0.480 e. The minimum atomic E-state index is -3.69. The third-order valence-electron chi connectivity index (χ3n) is 4.51. The van der Waals surface area contributed by atoms with Crippen LogP contribution in [0.5, 0.6) is 0 Å². The molecule has 1 aromatic carbocycles. The van der Waals surface area contributed by atoms with Crippen LogP contribution < -0.4 is 0 Å². The Hall–Kier alpha value is -1.93. The number of aryl methyl sites for hydroxylation is 1. The van der Waals surface area contributed by atoms with Crippen molar-refractivity contribution in [2.24, 2.45) is 0 Å². The first-order valence-electron chi connectivity index (χ1n) is 8.24. The molecule has 1 N–H and O–H groups in total. The van der Waals surface area contributed by atoms with Crippen molar-refractivity contribution in [2.45, 2.75) is 44.0 Å². The Kier molecular flexibility index (Phi) is 5.84. The lowest BCUT2D eigenvalue weighted by Crippen LogP contribution is -2.42. The van der Waals surface area contributed by atoms with Gasteiger partial charge in [0.15, 0.2) is 0 Å². The maximum absolute atomic E-state index is 12.9. The summed E-state index contributed by atoms with van der Waals surface area (Å²) >= 11 is 0. The van der Waals surface area contributed by atoms with Crippen molar-refractivity contribution >= 4 is 21.9 Å². The molecule has 138 valence electrons. The van der Waals surface area contributed by atoms with E-state index in [9.17, 15) is 18.0 Å². The van der Waals surface area contributed by atoms with Gasteiger partial charge >= 0.3 is 5.97 Å². The van der Waals surface area contributed by atoms with Gasteiger partial charge in [0.25, 0.3) is 5.91 Å². The summed E-state index contributed by atoms with van der Waals surface area (Å²) in [6.45, 7) is 3.61. The number of aliphatic carboxylic acids is 1. The number of carboxylic acid groups (broad SMARTS) is 1. The number of carbonyl (C=O) groups excluding carboxylic acids is 1. The average Bonchev–Trinajstić information content (AvgIpc) is 2.54. The smallest absolute Gasteiger partial charge is 0.323 e. The molecule has 0 saturated carbocycles. The molecule has 2 rings (SSSR count). The Morgan fingerprint density at radius 1 is 1.32 bits per heavy atom. The second-order valence-electron chi connectivity index (χ2n) is 6.49. The first-order chi connectivity index (χ1) is 11.6. The van der Waals surface area contributed by atoms with E-state index >= 15 is 0 Å². The van der Waals surface area contributed by atoms with Crippen LogP contribution in [-0.4, -0.2) is 60.8 Å². The van der Waals surface area contributed by atoms with Gasteiger partial charge in [-0.25, -0.2) is 8.42 Å². The lowest BCUT2D eigenvalue weighted by atomic mass is 10.1. The Labute approximate surface area is 148 Å². The molecule has 0 spiro atoms. The molecule has 0 aliphatic carbocycles. The third kappa shape index (κ3) is 4.19. The van der Waals surface area contributed by atoms with Crippen molar-refractivity contribution in [3.8, 4) is 0 Å². The highest BCUT2D eigenvalue weighted by molar-refractivity contribution is 7.89. The van der Waals surface area contributed by atoms with Gasteiger partial charge in [-0.1, -0.05) is 12.5 Å². The fraction of sp³-hybridized carbons (Fsp3) is 0.529. The van der Waals surface area contributed by atoms with E-state index in [0.717, 1.165) is 24.2 Å². The van der Waals surface area contributed by atoms with Crippen LogP contribution in [0.3, 0.4) is 0 Å². The van der Waals surface area contributed by atoms with Gasteiger partial charge in [-0.05, 0) is 44.4 Å². The van der Waals surface area contributed by atoms with Gasteiger partial charge in [0.2, 0.25) is 10.0 Å². The summed E-state index contributed by atoms with van der Waals surface area (Å²) in [5.74, 6) is -1.64. The van der Waals surface area contributed by atoms with Crippen LogP contribution in [0.25, 0.3) is 0 Å². The number of hydrogen-bond donors (Lipinski definition) is 1. The Balaban J connectivity index is 2.37. The standard InChI is InChI=1S/C17H24N2O5S/c1-12-7-8-14(10-15(12)17(22)18(3)11-16(20)21)25(23,24)19-9-5-4-6-13(19)2/h7-8,10,13H,4-6,9,11H2,1-3H3,(H,20,21). The first-order valence-corrected chi connectivity index (χ1v) is 9.68. The van der Waals surface area contributed by atoms with Gasteiger partial charge in [0.05, 0.1) is 4.90 Å². The molecular weight excluding hydrogens is 344 g/mol. The van der Waals surface area contributed by atoms with Crippen LogP contribution in [-0.2, 0) is 14.8 Å². The zero-order valence-electron chi connectivity index (χ0n) is 14.7. The first kappa shape index (κ1) is 19.4. The van der Waals surface area contributed by atoms with Crippen LogP contribution in [0.4, 0.5) is 0 Å². The molecule has 1 unspecified atom stereocenters. The van der Waals surface area contributed by atoms with E-state index in [1.54, 1.807) is 13.0 Å². The molecule has 1 aliphatic heterocycles. The van der Waals surface area contributed by atoms with Gasteiger partial charge in [-0.15, -0.1) is 0 Å². The van der Waals surface area contributed by atoms with Crippen molar-refractivity contribution in [2.75, 3.05) is 20.1 Å². The normalized spacial score (nSPS) is 18.8. The lowest BCUT2D eigenvalue weighted by molar-refractivity contribution is -0.137. The number of benzene rings is 1. The summed E-state index contributed by atoms with van der Waals surface area (Å²) < 4.78 is 27.4. The van der Waals surface area contributed by atoms with Crippen molar-refractivity contribution in [1.29, 1.82) is 0 Å². The second-order valence-corrected chi connectivity index (χ2v) is 8.38. The molecule has 8 heteroatoms. The summed E-state index contributed by atoms with van der Waals surface area (Å²) in [7, 11) is -2.31. The average molecular weight is 368 g/mol. The molecule has 0 bridgehead atoms. The maximum atomic E-state index is 12.9. The predicted molar refractivity (Wildman–Crippen MR) is 93.0 cm³/mol. The van der Waals surface area contributed by atoms with Crippen molar-refractivity contribution in [1.82, 2.24) is 9.21 Å². The summed E-state index contributed by atoms with van der Waals surface area (Å²) in [5, 5.41) is 8.84. The van der Waals surface area contributed by atoms with E-state index in [-0.39, 0.29) is 16.5 Å². The van der Waals surface area contributed by atoms with Crippen LogP contribution in [0.15, 0.2) is 23.1 Å². The van der Waals surface area contributed by atoms with Gasteiger partial charge in [-0.3, -0.25) is 9.59 Å². The van der Waals surface area contributed by atoms with Crippen molar-refractivity contribution in [3.05, 3.63) is 29.3 Å². The maximum Gasteiger partial charge on any atom is 0.323 e. The highest BCUT2D eigenvalue weighted by atomic mass is 32.2. The van der Waals surface area contributed by atoms with E-state index in [4.69, 9.17) is 5.11 Å². The molecule has 1 atom stereocenters. The van der Waals surface area contributed by atoms with Gasteiger partial charge in [-0.2, -0.15) is 4.31 Å². The SMILES string of the molecule is Cc1ccc(S(=O)(=O)N2CCCCC2C)cc1C(=O)N(C)CC(=O)O. The quantitative estimate of drug-likeness (QED) is 0.854. The Morgan fingerprint density at radius 3 is 2.60 bits per heavy atom. The topological polar surface area (TPSA) is 95.0 Å². The van der Waals surface area contributed by atoms with Crippen LogP contribution in [0, 0.1) is 6.92 Å². The third-order valence-corrected chi connectivity index (χ3v) is 6.52. The zero-order valence-corrected chi connectivity index (χ0v) is 15.5. The van der Waals surface area contributed by atoms with E-state index < -0.39 is 28.4 Å².